The maximum atomic E-state index is 12.6. The second kappa shape index (κ2) is 8.44. The summed E-state index contributed by atoms with van der Waals surface area (Å²) in [6.07, 6.45) is 3.00. The zero-order valence-electron chi connectivity index (χ0n) is 14.4. The first-order valence-corrected chi connectivity index (χ1v) is 8.98. The Morgan fingerprint density at radius 3 is 2.64 bits per heavy atom. The molecule has 0 bridgehead atoms. The molecule has 0 spiro atoms. The van der Waals surface area contributed by atoms with Gasteiger partial charge in [0.2, 0.25) is 11.8 Å². The third kappa shape index (κ3) is 4.41. The number of amidine groups is 1. The lowest BCUT2D eigenvalue weighted by atomic mass is 10.2. The number of hydrogen-bond acceptors (Lipinski definition) is 7. The topological polar surface area (TPSA) is 138 Å². The van der Waals surface area contributed by atoms with Crippen LogP contribution in [0.4, 0.5) is 5.69 Å². The Morgan fingerprint density at radius 1 is 1.25 bits per heavy atom. The van der Waals surface area contributed by atoms with Crippen molar-refractivity contribution in [3.63, 3.8) is 0 Å². The molecule has 0 radical (unpaired) electrons. The molecule has 2 heterocycles. The number of carbonyl (C=O) groups excluding carboxylic acids is 2. The van der Waals surface area contributed by atoms with E-state index in [0.717, 1.165) is 16.7 Å². The number of pyridine rings is 1. The maximum Gasteiger partial charge on any atom is 0.335 e. The molecule has 1 saturated heterocycles. The summed E-state index contributed by atoms with van der Waals surface area (Å²) in [5.74, 6) is -1.92. The second-order valence-corrected chi connectivity index (χ2v) is 6.89. The number of aromatic nitrogens is 1. The molecule has 1 aromatic heterocycles. The zero-order chi connectivity index (χ0) is 20.1. The molecular formula is C18H15N5O4S. The van der Waals surface area contributed by atoms with Crippen molar-refractivity contribution in [3.8, 4) is 0 Å². The Hall–Kier alpha value is -3.53. The van der Waals surface area contributed by atoms with E-state index in [9.17, 15) is 14.4 Å². The van der Waals surface area contributed by atoms with Crippen LogP contribution in [0.3, 0.4) is 0 Å². The Bertz CT molecular complexity index is 960. The number of anilines is 1. The Morgan fingerprint density at radius 2 is 2.00 bits per heavy atom. The molecule has 28 heavy (non-hydrogen) atoms. The first-order chi connectivity index (χ1) is 13.5. The van der Waals surface area contributed by atoms with E-state index in [1.807, 2.05) is 0 Å². The summed E-state index contributed by atoms with van der Waals surface area (Å²) in [5.41, 5.74) is 6.78. The van der Waals surface area contributed by atoms with Crippen molar-refractivity contribution < 1.29 is 19.5 Å². The normalized spacial score (nSPS) is 17.5. The van der Waals surface area contributed by atoms with Gasteiger partial charge in [-0.2, -0.15) is 5.10 Å². The van der Waals surface area contributed by atoms with Gasteiger partial charge in [0.05, 0.1) is 23.2 Å². The Balaban J connectivity index is 1.66. The van der Waals surface area contributed by atoms with E-state index < -0.39 is 23.0 Å². The number of carboxylic acid groups (broad SMARTS) is 1. The van der Waals surface area contributed by atoms with Gasteiger partial charge in [0, 0.05) is 12.6 Å². The predicted octanol–water partition coefficient (Wildman–Crippen LogP) is 1.49. The highest BCUT2D eigenvalue weighted by Crippen LogP contribution is 2.29. The number of nitrogens with zero attached hydrogens (tertiary/aromatic N) is 4. The molecule has 0 saturated carbocycles. The lowest BCUT2D eigenvalue weighted by Gasteiger charge is -2.14. The number of rotatable bonds is 5. The molecule has 0 aliphatic carbocycles. The highest BCUT2D eigenvalue weighted by atomic mass is 32.2. The van der Waals surface area contributed by atoms with Crippen LogP contribution in [-0.2, 0) is 9.59 Å². The summed E-state index contributed by atoms with van der Waals surface area (Å²) in [6.45, 7) is 0. The summed E-state index contributed by atoms with van der Waals surface area (Å²) in [4.78, 5) is 40.8. The van der Waals surface area contributed by atoms with Crippen LogP contribution < -0.4 is 10.6 Å². The molecule has 9 nitrogen and oxygen atoms in total. The van der Waals surface area contributed by atoms with Gasteiger partial charge in [-0.05, 0) is 36.4 Å². The quantitative estimate of drug-likeness (QED) is 0.337. The van der Waals surface area contributed by atoms with Crippen LogP contribution in [0.25, 0.3) is 0 Å². The number of amides is 2. The first-order valence-electron chi connectivity index (χ1n) is 8.10. The molecule has 2 amide bonds. The minimum Gasteiger partial charge on any atom is -0.478 e. The summed E-state index contributed by atoms with van der Waals surface area (Å²) in [7, 11) is 0. The molecule has 1 aliphatic rings. The molecule has 3 rings (SSSR count). The van der Waals surface area contributed by atoms with Crippen LogP contribution in [0.15, 0.2) is 58.9 Å². The van der Waals surface area contributed by atoms with Gasteiger partial charge in [-0.1, -0.05) is 17.8 Å². The molecule has 142 valence electrons. The van der Waals surface area contributed by atoms with Gasteiger partial charge < -0.3 is 10.8 Å². The summed E-state index contributed by atoms with van der Waals surface area (Å²) >= 11 is 0.948. The molecule has 1 atom stereocenters. The van der Waals surface area contributed by atoms with Crippen molar-refractivity contribution in [2.75, 3.05) is 4.90 Å². The largest absolute Gasteiger partial charge is 0.478 e. The van der Waals surface area contributed by atoms with Crippen molar-refractivity contribution in [1.82, 2.24) is 4.98 Å². The van der Waals surface area contributed by atoms with Crippen molar-refractivity contribution in [2.24, 2.45) is 15.9 Å². The SMILES string of the molecule is N/C(=N\N=C\c1ccccn1)SC1CC(=O)N(c2ccc(C(=O)O)cc2)C1=O. The number of nitrogens with two attached hydrogens (primary N) is 1. The standard InChI is InChI=1S/C18H15N5O4S/c19-18(22-21-10-12-3-1-2-8-20-12)28-14-9-15(24)23(16(14)25)13-6-4-11(5-7-13)17(26)27/h1-8,10,14H,9H2,(H2,19,22)(H,26,27)/b21-10+. The van der Waals surface area contributed by atoms with Crippen LogP contribution in [-0.4, -0.2) is 44.5 Å². The zero-order valence-corrected chi connectivity index (χ0v) is 15.2. The third-order valence-electron chi connectivity index (χ3n) is 3.77. The summed E-state index contributed by atoms with van der Waals surface area (Å²) in [5, 5.41) is 15.9. The second-order valence-electron chi connectivity index (χ2n) is 5.67. The van der Waals surface area contributed by atoms with Crippen molar-refractivity contribution in [3.05, 3.63) is 59.9 Å². The highest BCUT2D eigenvalue weighted by molar-refractivity contribution is 8.14. The van der Waals surface area contributed by atoms with Gasteiger partial charge in [0.25, 0.3) is 0 Å². The monoisotopic (exact) mass is 397 g/mol. The number of thioether (sulfide) groups is 1. The molecule has 1 aliphatic heterocycles. The van der Waals surface area contributed by atoms with Crippen LogP contribution in [0.5, 0.6) is 0 Å². The van der Waals surface area contributed by atoms with E-state index in [1.54, 1.807) is 24.4 Å². The highest BCUT2D eigenvalue weighted by Gasteiger charge is 2.40. The van der Waals surface area contributed by atoms with Crippen LogP contribution in [0.1, 0.15) is 22.5 Å². The Labute approximate surface area is 164 Å². The van der Waals surface area contributed by atoms with Gasteiger partial charge in [0.1, 0.15) is 5.25 Å². The Kier molecular flexibility index (Phi) is 5.80. The summed E-state index contributed by atoms with van der Waals surface area (Å²) in [6, 6.07) is 10.8. The molecule has 1 unspecified atom stereocenters. The van der Waals surface area contributed by atoms with Gasteiger partial charge in [-0.25, -0.2) is 9.69 Å². The number of imide groups is 1. The van der Waals surface area contributed by atoms with E-state index in [4.69, 9.17) is 10.8 Å². The van der Waals surface area contributed by atoms with Gasteiger partial charge in [-0.3, -0.25) is 14.6 Å². The average Bonchev–Trinajstić information content (AvgIpc) is 2.96. The van der Waals surface area contributed by atoms with Gasteiger partial charge >= 0.3 is 5.97 Å². The van der Waals surface area contributed by atoms with Crippen molar-refractivity contribution in [1.29, 1.82) is 0 Å². The molecule has 3 N–H and O–H groups in total. The van der Waals surface area contributed by atoms with Crippen molar-refractivity contribution >= 4 is 46.6 Å². The fourth-order valence-corrected chi connectivity index (χ4v) is 3.30. The van der Waals surface area contributed by atoms with E-state index in [2.05, 4.69) is 15.2 Å². The molecule has 10 heteroatoms. The minimum atomic E-state index is -1.09. The molecule has 1 fully saturated rings. The average molecular weight is 397 g/mol. The molecule has 2 aromatic rings. The fourth-order valence-electron chi connectivity index (χ4n) is 2.49. The van der Waals surface area contributed by atoms with E-state index in [1.165, 1.54) is 30.5 Å². The van der Waals surface area contributed by atoms with Gasteiger partial charge in [0.15, 0.2) is 5.17 Å². The van der Waals surface area contributed by atoms with E-state index >= 15 is 0 Å². The first kappa shape index (κ1) is 19.2. The number of aromatic carboxylic acids is 1. The van der Waals surface area contributed by atoms with Crippen molar-refractivity contribution in [2.45, 2.75) is 11.7 Å². The molecular weight excluding hydrogens is 382 g/mol. The van der Waals surface area contributed by atoms with Crippen LogP contribution in [0.2, 0.25) is 0 Å². The maximum absolute atomic E-state index is 12.6. The summed E-state index contributed by atoms with van der Waals surface area (Å²) < 4.78 is 0. The van der Waals surface area contributed by atoms with Gasteiger partial charge in [-0.15, -0.1) is 5.10 Å². The number of benzene rings is 1. The van der Waals surface area contributed by atoms with E-state index in [-0.39, 0.29) is 17.2 Å². The predicted molar refractivity (Wildman–Crippen MR) is 105 cm³/mol. The smallest absolute Gasteiger partial charge is 0.335 e. The molecule has 1 aromatic carbocycles. The lowest BCUT2D eigenvalue weighted by molar-refractivity contribution is -0.121. The number of carbonyl (C=O) groups is 3. The third-order valence-corrected chi connectivity index (χ3v) is 4.75. The number of carboxylic acids is 1. The lowest BCUT2D eigenvalue weighted by Crippen LogP contribution is -2.31. The number of hydrogen-bond donors (Lipinski definition) is 2. The van der Waals surface area contributed by atoms with Crippen LogP contribution in [0, 0.1) is 0 Å². The van der Waals surface area contributed by atoms with Crippen LogP contribution >= 0.6 is 11.8 Å². The minimum absolute atomic E-state index is 0.0373. The fraction of sp³-hybridized carbons (Fsp3) is 0.111. The van der Waals surface area contributed by atoms with E-state index in [0.29, 0.717) is 11.4 Å².